The lowest BCUT2D eigenvalue weighted by Gasteiger charge is -2.08. The van der Waals surface area contributed by atoms with Crippen LogP contribution in [0, 0.1) is 6.92 Å². The van der Waals surface area contributed by atoms with Crippen LogP contribution in [0.1, 0.15) is 16.1 Å². The maximum absolute atomic E-state index is 11.9. The summed E-state index contributed by atoms with van der Waals surface area (Å²) in [7, 11) is 1.84. The summed E-state index contributed by atoms with van der Waals surface area (Å²) in [5.74, 6) is 0.715. The minimum Gasteiger partial charge on any atom is -0.492 e. The molecule has 1 N–H and O–H groups in total. The summed E-state index contributed by atoms with van der Waals surface area (Å²) < 4.78 is 8.25. The highest BCUT2D eigenvalue weighted by molar-refractivity contribution is 9.10. The maximum atomic E-state index is 11.9. The predicted octanol–water partition coefficient (Wildman–Crippen LogP) is 2.90. The van der Waals surface area contributed by atoms with E-state index in [-0.39, 0.29) is 5.91 Å². The average Bonchev–Trinajstić information content (AvgIpc) is 2.74. The molecule has 1 heterocycles. The first-order chi connectivity index (χ1) is 9.56. The number of halogens is 1. The number of hydrogen-bond acceptors (Lipinski definition) is 2. The van der Waals surface area contributed by atoms with Gasteiger partial charge in [0.15, 0.2) is 0 Å². The van der Waals surface area contributed by atoms with E-state index in [1.54, 1.807) is 10.6 Å². The van der Waals surface area contributed by atoms with Gasteiger partial charge in [0.25, 0.3) is 5.91 Å². The number of ether oxygens (including phenoxy) is 1. The third-order valence-electron chi connectivity index (χ3n) is 2.85. The van der Waals surface area contributed by atoms with Gasteiger partial charge >= 0.3 is 0 Å². The normalized spacial score (nSPS) is 10.3. The van der Waals surface area contributed by atoms with Crippen LogP contribution in [0.15, 0.2) is 41.0 Å². The molecule has 5 heteroatoms. The summed E-state index contributed by atoms with van der Waals surface area (Å²) in [5, 5.41) is 2.83. The van der Waals surface area contributed by atoms with Gasteiger partial charge < -0.3 is 14.6 Å². The smallest absolute Gasteiger partial charge is 0.268 e. The highest BCUT2D eigenvalue weighted by Crippen LogP contribution is 2.13. The summed E-state index contributed by atoms with van der Waals surface area (Å²) >= 11 is 3.34. The lowest BCUT2D eigenvalue weighted by molar-refractivity contribution is 0.0939. The molecule has 0 saturated heterocycles. The lowest BCUT2D eigenvalue weighted by Crippen LogP contribution is -2.29. The monoisotopic (exact) mass is 336 g/mol. The third-order valence-corrected chi connectivity index (χ3v) is 3.28. The average molecular weight is 337 g/mol. The number of benzene rings is 1. The van der Waals surface area contributed by atoms with E-state index >= 15 is 0 Å². The zero-order valence-electron chi connectivity index (χ0n) is 11.5. The molecule has 4 nitrogen and oxygen atoms in total. The molecule has 0 radical (unpaired) electrons. The molecule has 0 aliphatic carbocycles. The SMILES string of the molecule is Cc1cccc(OCCNC(=O)c2cc(Br)cn2C)c1. The second-order valence-electron chi connectivity index (χ2n) is 4.58. The predicted molar refractivity (Wildman–Crippen MR) is 82.1 cm³/mol. The number of rotatable bonds is 5. The van der Waals surface area contributed by atoms with Gasteiger partial charge in [-0.1, -0.05) is 12.1 Å². The van der Waals surface area contributed by atoms with E-state index in [4.69, 9.17) is 4.74 Å². The van der Waals surface area contributed by atoms with Gasteiger partial charge in [-0.05, 0) is 46.6 Å². The van der Waals surface area contributed by atoms with Gasteiger partial charge in [0, 0.05) is 17.7 Å². The number of hydrogen-bond donors (Lipinski definition) is 1. The lowest BCUT2D eigenvalue weighted by atomic mass is 10.2. The Balaban J connectivity index is 1.79. The summed E-state index contributed by atoms with van der Waals surface area (Å²) in [5.41, 5.74) is 1.77. The van der Waals surface area contributed by atoms with E-state index in [1.165, 1.54) is 0 Å². The van der Waals surface area contributed by atoms with Gasteiger partial charge in [0.1, 0.15) is 18.1 Å². The molecular formula is C15H17BrN2O2. The number of aryl methyl sites for hydroxylation is 2. The van der Waals surface area contributed by atoms with Crippen molar-refractivity contribution in [1.29, 1.82) is 0 Å². The van der Waals surface area contributed by atoms with Crippen molar-refractivity contribution >= 4 is 21.8 Å². The van der Waals surface area contributed by atoms with Gasteiger partial charge in [-0.25, -0.2) is 0 Å². The van der Waals surface area contributed by atoms with E-state index in [1.807, 2.05) is 44.4 Å². The highest BCUT2D eigenvalue weighted by Gasteiger charge is 2.10. The summed E-state index contributed by atoms with van der Waals surface area (Å²) in [6.07, 6.45) is 1.85. The van der Waals surface area contributed by atoms with Crippen LogP contribution in [0.3, 0.4) is 0 Å². The fourth-order valence-corrected chi connectivity index (χ4v) is 2.40. The molecule has 0 unspecified atom stereocenters. The Bertz CT molecular complexity index is 608. The Morgan fingerprint density at radius 1 is 1.40 bits per heavy atom. The molecule has 0 atom stereocenters. The first kappa shape index (κ1) is 14.7. The Kier molecular flexibility index (Phi) is 4.84. The Hall–Kier alpha value is -1.75. The second-order valence-corrected chi connectivity index (χ2v) is 5.49. The van der Waals surface area contributed by atoms with E-state index in [0.717, 1.165) is 15.8 Å². The quantitative estimate of drug-likeness (QED) is 0.853. The van der Waals surface area contributed by atoms with Gasteiger partial charge in [-0.15, -0.1) is 0 Å². The molecular weight excluding hydrogens is 320 g/mol. The van der Waals surface area contributed by atoms with Crippen molar-refractivity contribution in [2.24, 2.45) is 7.05 Å². The molecule has 2 aromatic rings. The number of aromatic nitrogens is 1. The van der Waals surface area contributed by atoms with Crippen LogP contribution >= 0.6 is 15.9 Å². The molecule has 1 aromatic heterocycles. The first-order valence-electron chi connectivity index (χ1n) is 6.36. The van der Waals surface area contributed by atoms with Crippen LogP contribution in [-0.2, 0) is 7.05 Å². The number of amides is 1. The van der Waals surface area contributed by atoms with Crippen LogP contribution in [-0.4, -0.2) is 23.6 Å². The van der Waals surface area contributed by atoms with E-state index in [0.29, 0.717) is 18.8 Å². The molecule has 0 saturated carbocycles. The number of nitrogens with zero attached hydrogens (tertiary/aromatic N) is 1. The Morgan fingerprint density at radius 3 is 2.85 bits per heavy atom. The first-order valence-corrected chi connectivity index (χ1v) is 7.15. The van der Waals surface area contributed by atoms with Gasteiger partial charge in [0.05, 0.1) is 6.54 Å². The van der Waals surface area contributed by atoms with E-state index in [2.05, 4.69) is 21.2 Å². The van der Waals surface area contributed by atoms with Crippen LogP contribution < -0.4 is 10.1 Å². The molecule has 1 amide bonds. The Morgan fingerprint density at radius 2 is 2.20 bits per heavy atom. The zero-order chi connectivity index (χ0) is 14.5. The van der Waals surface area contributed by atoms with Crippen LogP contribution in [0.2, 0.25) is 0 Å². The molecule has 20 heavy (non-hydrogen) atoms. The van der Waals surface area contributed by atoms with Crippen molar-refractivity contribution < 1.29 is 9.53 Å². The Labute approximate surface area is 126 Å². The fourth-order valence-electron chi connectivity index (χ4n) is 1.88. The minimum absolute atomic E-state index is 0.106. The van der Waals surface area contributed by atoms with Crippen LogP contribution in [0.25, 0.3) is 0 Å². The van der Waals surface area contributed by atoms with Crippen molar-refractivity contribution in [2.45, 2.75) is 6.92 Å². The molecule has 0 spiro atoms. The van der Waals surface area contributed by atoms with E-state index < -0.39 is 0 Å². The van der Waals surface area contributed by atoms with Crippen molar-refractivity contribution in [1.82, 2.24) is 9.88 Å². The summed E-state index contributed by atoms with van der Waals surface area (Å²) in [6, 6.07) is 9.63. The second kappa shape index (κ2) is 6.61. The number of carbonyl (C=O) groups is 1. The van der Waals surface area contributed by atoms with Crippen molar-refractivity contribution in [3.8, 4) is 5.75 Å². The molecule has 106 valence electrons. The molecule has 0 aliphatic heterocycles. The van der Waals surface area contributed by atoms with Crippen molar-refractivity contribution in [3.05, 3.63) is 52.3 Å². The molecule has 0 fully saturated rings. The highest BCUT2D eigenvalue weighted by atomic mass is 79.9. The topological polar surface area (TPSA) is 43.3 Å². The minimum atomic E-state index is -0.106. The third kappa shape index (κ3) is 3.87. The summed E-state index contributed by atoms with van der Waals surface area (Å²) in [6.45, 7) is 2.93. The maximum Gasteiger partial charge on any atom is 0.268 e. The van der Waals surface area contributed by atoms with Crippen molar-refractivity contribution in [2.75, 3.05) is 13.2 Å². The largest absolute Gasteiger partial charge is 0.492 e. The molecule has 0 aliphatic rings. The van der Waals surface area contributed by atoms with Crippen LogP contribution in [0.4, 0.5) is 0 Å². The van der Waals surface area contributed by atoms with Crippen molar-refractivity contribution in [3.63, 3.8) is 0 Å². The van der Waals surface area contributed by atoms with Gasteiger partial charge in [-0.3, -0.25) is 4.79 Å². The van der Waals surface area contributed by atoms with E-state index in [9.17, 15) is 4.79 Å². The van der Waals surface area contributed by atoms with Crippen LogP contribution in [0.5, 0.6) is 5.75 Å². The standard InChI is InChI=1S/C15H17BrN2O2/c1-11-4-3-5-13(8-11)20-7-6-17-15(19)14-9-12(16)10-18(14)2/h3-5,8-10H,6-7H2,1-2H3,(H,17,19). The molecule has 1 aromatic carbocycles. The summed E-state index contributed by atoms with van der Waals surface area (Å²) in [4.78, 5) is 11.9. The number of nitrogens with one attached hydrogen (secondary N) is 1. The fraction of sp³-hybridized carbons (Fsp3) is 0.267. The molecule has 2 rings (SSSR count). The van der Waals surface area contributed by atoms with Gasteiger partial charge in [-0.2, -0.15) is 0 Å². The van der Waals surface area contributed by atoms with Gasteiger partial charge in [0.2, 0.25) is 0 Å². The zero-order valence-corrected chi connectivity index (χ0v) is 13.1. The number of carbonyl (C=O) groups excluding carboxylic acids is 1. The molecule has 0 bridgehead atoms.